The predicted molar refractivity (Wildman–Crippen MR) is 119 cm³/mol. The van der Waals surface area contributed by atoms with Crippen molar-refractivity contribution < 1.29 is 24.0 Å². The van der Waals surface area contributed by atoms with E-state index in [1.807, 2.05) is 4.90 Å². The van der Waals surface area contributed by atoms with E-state index in [1.165, 1.54) is 19.2 Å². The molecule has 0 aliphatic carbocycles. The molecule has 0 unspecified atom stereocenters. The zero-order valence-corrected chi connectivity index (χ0v) is 18.4. The first-order chi connectivity index (χ1) is 15.2. The maximum Gasteiger partial charge on any atom is 0.341 e. The molecule has 0 saturated carbocycles. The number of piperazine rings is 1. The van der Waals surface area contributed by atoms with Crippen molar-refractivity contribution in [1.29, 1.82) is 0 Å². The van der Waals surface area contributed by atoms with Crippen molar-refractivity contribution in [3.63, 3.8) is 0 Å². The van der Waals surface area contributed by atoms with Crippen LogP contribution in [-0.2, 0) is 9.53 Å². The predicted octanol–water partition coefficient (Wildman–Crippen LogP) is 1.61. The molecule has 0 atom stereocenters. The Balaban J connectivity index is 1.60. The first-order valence-electron chi connectivity index (χ1n) is 9.74. The van der Waals surface area contributed by atoms with Crippen LogP contribution in [0.5, 0.6) is 0 Å². The SMILES string of the molecule is COC(=O)c1c(NC(=O)CN2CCN(c3ccc([N+](=O)[O-])cc3)CC2)sc(C(N)=O)c1C. The van der Waals surface area contributed by atoms with E-state index in [4.69, 9.17) is 10.5 Å². The monoisotopic (exact) mass is 461 g/mol. The summed E-state index contributed by atoms with van der Waals surface area (Å²) < 4.78 is 4.77. The van der Waals surface area contributed by atoms with Crippen molar-refractivity contribution in [3.05, 3.63) is 50.4 Å². The number of hydrogen-bond acceptors (Lipinski definition) is 9. The largest absolute Gasteiger partial charge is 0.465 e. The maximum absolute atomic E-state index is 12.6. The number of nitrogens with one attached hydrogen (secondary N) is 1. The zero-order chi connectivity index (χ0) is 23.4. The van der Waals surface area contributed by atoms with Crippen LogP contribution < -0.4 is 16.0 Å². The van der Waals surface area contributed by atoms with Crippen molar-refractivity contribution in [2.75, 3.05) is 50.1 Å². The number of methoxy groups -OCH3 is 1. The van der Waals surface area contributed by atoms with E-state index in [0.29, 0.717) is 31.7 Å². The Hall–Kier alpha value is -3.51. The van der Waals surface area contributed by atoms with Gasteiger partial charge in [0, 0.05) is 44.0 Å². The molecule has 32 heavy (non-hydrogen) atoms. The molecule has 12 heteroatoms. The fraction of sp³-hybridized carbons (Fsp3) is 0.350. The van der Waals surface area contributed by atoms with Gasteiger partial charge in [-0.3, -0.25) is 24.6 Å². The van der Waals surface area contributed by atoms with Crippen LogP contribution >= 0.6 is 11.3 Å². The minimum atomic E-state index is -0.680. The molecule has 0 radical (unpaired) electrons. The van der Waals surface area contributed by atoms with E-state index >= 15 is 0 Å². The zero-order valence-electron chi connectivity index (χ0n) is 17.6. The van der Waals surface area contributed by atoms with E-state index < -0.39 is 16.8 Å². The number of nitro groups is 1. The first-order valence-corrected chi connectivity index (χ1v) is 10.6. The van der Waals surface area contributed by atoms with Gasteiger partial charge in [0.15, 0.2) is 0 Å². The van der Waals surface area contributed by atoms with Crippen LogP contribution in [0.4, 0.5) is 16.4 Å². The Kier molecular flexibility index (Phi) is 7.05. The number of thiophene rings is 1. The number of ether oxygens (including phenoxy) is 1. The average molecular weight is 462 g/mol. The van der Waals surface area contributed by atoms with Crippen molar-refractivity contribution in [3.8, 4) is 0 Å². The Morgan fingerprint density at radius 1 is 1.19 bits per heavy atom. The van der Waals surface area contributed by atoms with Gasteiger partial charge in [0.1, 0.15) is 5.00 Å². The molecule has 1 aromatic carbocycles. The Morgan fingerprint density at radius 3 is 2.34 bits per heavy atom. The lowest BCUT2D eigenvalue weighted by atomic mass is 10.1. The van der Waals surface area contributed by atoms with Crippen LogP contribution in [0.2, 0.25) is 0 Å². The molecule has 1 fully saturated rings. The molecule has 1 aromatic heterocycles. The first kappa shape index (κ1) is 23.2. The number of primary amides is 1. The van der Waals surface area contributed by atoms with Gasteiger partial charge in [-0.2, -0.15) is 0 Å². The third kappa shape index (κ3) is 5.03. The molecule has 0 bridgehead atoms. The Morgan fingerprint density at radius 2 is 1.81 bits per heavy atom. The van der Waals surface area contributed by atoms with Crippen LogP contribution in [0, 0.1) is 17.0 Å². The van der Waals surface area contributed by atoms with E-state index in [2.05, 4.69) is 10.2 Å². The van der Waals surface area contributed by atoms with Crippen molar-refractivity contribution in [2.45, 2.75) is 6.92 Å². The lowest BCUT2D eigenvalue weighted by Gasteiger charge is -2.35. The molecule has 1 aliphatic heterocycles. The van der Waals surface area contributed by atoms with Gasteiger partial charge in [0.05, 0.1) is 29.0 Å². The van der Waals surface area contributed by atoms with E-state index in [9.17, 15) is 24.5 Å². The summed E-state index contributed by atoms with van der Waals surface area (Å²) in [7, 11) is 1.22. The molecule has 3 N–H and O–H groups in total. The molecular formula is C20H23N5O6S. The highest BCUT2D eigenvalue weighted by Gasteiger charge is 2.26. The van der Waals surface area contributed by atoms with Gasteiger partial charge >= 0.3 is 5.97 Å². The number of carbonyl (C=O) groups excluding carboxylic acids is 3. The highest BCUT2D eigenvalue weighted by Crippen LogP contribution is 2.33. The van der Waals surface area contributed by atoms with Gasteiger partial charge in [-0.15, -0.1) is 11.3 Å². The van der Waals surface area contributed by atoms with Crippen LogP contribution in [0.15, 0.2) is 24.3 Å². The summed E-state index contributed by atoms with van der Waals surface area (Å²) in [5.74, 6) is -1.66. The standard InChI is InChI=1S/C20H23N5O6S/c1-12-16(20(28)31-2)19(32-17(12)18(21)27)22-15(26)11-23-7-9-24(10-8-23)13-3-5-14(6-4-13)25(29)30/h3-6H,7-11H2,1-2H3,(H2,21,27)(H,22,26). The Bertz CT molecular complexity index is 1040. The van der Waals surface area contributed by atoms with Crippen molar-refractivity contribution >= 4 is 45.5 Å². The van der Waals surface area contributed by atoms with Gasteiger partial charge in [-0.05, 0) is 24.6 Å². The topological polar surface area (TPSA) is 148 Å². The summed E-state index contributed by atoms with van der Waals surface area (Å²) in [5, 5.41) is 13.7. The number of nitro benzene ring substituents is 1. The number of rotatable bonds is 7. The quantitative estimate of drug-likeness (QED) is 0.359. The molecule has 1 aliphatic rings. The molecule has 2 heterocycles. The third-order valence-electron chi connectivity index (χ3n) is 5.18. The maximum atomic E-state index is 12.6. The van der Waals surface area contributed by atoms with Gasteiger partial charge < -0.3 is 20.7 Å². The summed E-state index contributed by atoms with van der Waals surface area (Å²) in [5.41, 5.74) is 6.79. The lowest BCUT2D eigenvalue weighted by molar-refractivity contribution is -0.384. The molecule has 0 spiro atoms. The van der Waals surface area contributed by atoms with Crippen LogP contribution in [0.25, 0.3) is 0 Å². The van der Waals surface area contributed by atoms with E-state index in [1.54, 1.807) is 19.1 Å². The minimum absolute atomic E-state index is 0.0405. The molecule has 11 nitrogen and oxygen atoms in total. The number of hydrogen-bond donors (Lipinski definition) is 2. The fourth-order valence-electron chi connectivity index (χ4n) is 3.50. The Labute approximate surface area is 187 Å². The van der Waals surface area contributed by atoms with Crippen molar-refractivity contribution in [1.82, 2.24) is 4.90 Å². The second-order valence-corrected chi connectivity index (χ2v) is 8.22. The number of carbonyl (C=O) groups is 3. The second kappa shape index (κ2) is 9.75. The lowest BCUT2D eigenvalue weighted by Crippen LogP contribution is -2.48. The molecular weight excluding hydrogens is 438 g/mol. The van der Waals surface area contributed by atoms with Crippen LogP contribution in [-0.4, -0.2) is 67.4 Å². The van der Waals surface area contributed by atoms with E-state index in [-0.39, 0.29) is 33.6 Å². The highest BCUT2D eigenvalue weighted by molar-refractivity contribution is 7.18. The number of esters is 1. The van der Waals surface area contributed by atoms with Gasteiger partial charge in [0.25, 0.3) is 11.6 Å². The fourth-order valence-corrected chi connectivity index (χ4v) is 4.57. The van der Waals surface area contributed by atoms with Crippen LogP contribution in [0.1, 0.15) is 25.6 Å². The number of nitrogens with zero attached hydrogens (tertiary/aromatic N) is 3. The molecule has 2 amide bonds. The van der Waals surface area contributed by atoms with Crippen LogP contribution in [0.3, 0.4) is 0 Å². The summed E-state index contributed by atoms with van der Waals surface area (Å²) in [4.78, 5) is 50.9. The van der Waals surface area contributed by atoms with Gasteiger partial charge in [-0.25, -0.2) is 4.79 Å². The van der Waals surface area contributed by atoms with Gasteiger partial charge in [0.2, 0.25) is 5.91 Å². The normalized spacial score (nSPS) is 14.1. The minimum Gasteiger partial charge on any atom is -0.465 e. The number of anilines is 2. The number of nitrogens with two attached hydrogens (primary N) is 1. The molecule has 3 rings (SSSR count). The average Bonchev–Trinajstić information content (AvgIpc) is 3.09. The number of non-ortho nitro benzene ring substituents is 1. The summed E-state index contributed by atoms with van der Waals surface area (Å²) in [6.07, 6.45) is 0. The summed E-state index contributed by atoms with van der Waals surface area (Å²) in [6, 6.07) is 6.36. The summed E-state index contributed by atoms with van der Waals surface area (Å²) in [6.45, 7) is 4.23. The highest BCUT2D eigenvalue weighted by atomic mass is 32.1. The third-order valence-corrected chi connectivity index (χ3v) is 6.40. The smallest absolute Gasteiger partial charge is 0.341 e. The van der Waals surface area contributed by atoms with Crippen molar-refractivity contribution in [2.24, 2.45) is 5.73 Å². The molecule has 2 aromatic rings. The molecule has 1 saturated heterocycles. The van der Waals surface area contributed by atoms with E-state index in [0.717, 1.165) is 17.0 Å². The number of benzene rings is 1. The number of amides is 2. The molecule has 170 valence electrons. The second-order valence-electron chi connectivity index (χ2n) is 7.20. The summed E-state index contributed by atoms with van der Waals surface area (Å²) >= 11 is 0.947. The van der Waals surface area contributed by atoms with Gasteiger partial charge in [-0.1, -0.05) is 0 Å².